The van der Waals surface area contributed by atoms with Crippen molar-refractivity contribution < 1.29 is 28.5 Å². The first-order valence-electron chi connectivity index (χ1n) is 12.8. The number of aromatic nitrogens is 5. The molecule has 38 heavy (non-hydrogen) atoms. The van der Waals surface area contributed by atoms with Crippen molar-refractivity contribution in [2.45, 2.75) is 74.1 Å². The Labute approximate surface area is 221 Å². The second-order valence-corrected chi connectivity index (χ2v) is 11.3. The van der Waals surface area contributed by atoms with Crippen LogP contribution in [0.25, 0.3) is 11.2 Å². The molecule has 4 N–H and O–H groups in total. The van der Waals surface area contributed by atoms with Crippen molar-refractivity contribution in [3.63, 3.8) is 0 Å². The summed E-state index contributed by atoms with van der Waals surface area (Å²) in [5.74, 6) is -0.693. The van der Waals surface area contributed by atoms with Gasteiger partial charge >= 0.3 is 6.18 Å². The van der Waals surface area contributed by atoms with Crippen molar-refractivity contribution in [3.8, 4) is 0 Å². The summed E-state index contributed by atoms with van der Waals surface area (Å²) in [5, 5.41) is 42.8. The molecule has 0 aliphatic heterocycles. The molecule has 13 heteroatoms. The lowest BCUT2D eigenvalue weighted by molar-refractivity contribution is -0.171. The minimum Gasteiger partial charge on any atom is -0.396 e. The number of rotatable bonds is 10. The first-order chi connectivity index (χ1) is 18.2. The normalized spacial score (nSPS) is 28.1. The summed E-state index contributed by atoms with van der Waals surface area (Å²) in [4.78, 5) is 9.22. The summed E-state index contributed by atoms with van der Waals surface area (Å²) >= 11 is 1.26. The number of anilines is 1. The van der Waals surface area contributed by atoms with Gasteiger partial charge in [-0.15, -0.1) is 5.10 Å². The van der Waals surface area contributed by atoms with Gasteiger partial charge in [-0.1, -0.05) is 54.2 Å². The molecular formula is C25H31F3N6O3S. The number of hydrogen-bond acceptors (Lipinski definition) is 9. The Bertz CT molecular complexity index is 1250. The van der Waals surface area contributed by atoms with Gasteiger partial charge < -0.3 is 20.6 Å². The van der Waals surface area contributed by atoms with Crippen molar-refractivity contribution in [2.75, 3.05) is 17.7 Å². The van der Waals surface area contributed by atoms with Crippen LogP contribution in [0.4, 0.5) is 19.0 Å². The zero-order chi connectivity index (χ0) is 27.0. The second-order valence-electron chi connectivity index (χ2n) is 10.2. The molecule has 2 heterocycles. The first-order valence-corrected chi connectivity index (χ1v) is 13.8. The van der Waals surface area contributed by atoms with Crippen LogP contribution in [0.1, 0.15) is 50.1 Å². The first kappa shape index (κ1) is 27.1. The highest BCUT2D eigenvalue weighted by Gasteiger charge is 2.44. The van der Waals surface area contributed by atoms with Crippen LogP contribution in [0.2, 0.25) is 0 Å². The summed E-state index contributed by atoms with van der Waals surface area (Å²) in [6.07, 6.45) is -4.92. The molecule has 0 amide bonds. The topological polar surface area (TPSA) is 129 Å². The van der Waals surface area contributed by atoms with E-state index in [4.69, 9.17) is 0 Å². The summed E-state index contributed by atoms with van der Waals surface area (Å²) in [7, 11) is 0. The Morgan fingerprint density at radius 2 is 1.89 bits per heavy atom. The van der Waals surface area contributed by atoms with Crippen LogP contribution < -0.4 is 5.32 Å². The van der Waals surface area contributed by atoms with Crippen LogP contribution in [0.5, 0.6) is 0 Å². The van der Waals surface area contributed by atoms with Gasteiger partial charge in [0.1, 0.15) is 6.10 Å². The smallest absolute Gasteiger partial charge is 0.391 e. The number of aliphatic hydroxyl groups is 3. The van der Waals surface area contributed by atoms with E-state index in [0.29, 0.717) is 46.7 Å². The van der Waals surface area contributed by atoms with Gasteiger partial charge in [0, 0.05) is 30.2 Å². The number of aliphatic hydroxyl groups excluding tert-OH is 3. The SMILES string of the molecule is CC(CCCSc1nc(NC2CC2c2ccccc2)c2nnn(C3CC(CO)C(O)C3O)c2n1)C(F)(F)F. The monoisotopic (exact) mass is 552 g/mol. The minimum absolute atomic E-state index is 0.0128. The van der Waals surface area contributed by atoms with Crippen molar-refractivity contribution in [2.24, 2.45) is 11.8 Å². The third-order valence-corrected chi connectivity index (χ3v) is 8.47. The van der Waals surface area contributed by atoms with Gasteiger partial charge in [0.15, 0.2) is 22.1 Å². The average Bonchev–Trinajstić information content (AvgIpc) is 3.44. The van der Waals surface area contributed by atoms with E-state index < -0.39 is 36.3 Å². The third kappa shape index (κ3) is 5.61. The predicted octanol–water partition coefficient (Wildman–Crippen LogP) is 3.54. The van der Waals surface area contributed by atoms with Gasteiger partial charge in [0.2, 0.25) is 0 Å². The molecule has 0 bridgehead atoms. The van der Waals surface area contributed by atoms with E-state index in [2.05, 4.69) is 37.7 Å². The fourth-order valence-electron chi connectivity index (χ4n) is 5.04. The average molecular weight is 553 g/mol. The van der Waals surface area contributed by atoms with Crippen molar-refractivity contribution >= 4 is 28.7 Å². The molecule has 2 aromatic heterocycles. The van der Waals surface area contributed by atoms with Crippen LogP contribution >= 0.6 is 11.8 Å². The fraction of sp³-hybridized carbons (Fsp3) is 0.600. The second kappa shape index (κ2) is 10.9. The maximum absolute atomic E-state index is 12.9. The Kier molecular flexibility index (Phi) is 7.81. The van der Waals surface area contributed by atoms with Crippen LogP contribution in [0, 0.1) is 11.8 Å². The van der Waals surface area contributed by atoms with E-state index in [1.165, 1.54) is 28.9 Å². The highest BCUT2D eigenvalue weighted by atomic mass is 32.2. The summed E-state index contributed by atoms with van der Waals surface area (Å²) in [6, 6.07) is 9.60. The molecule has 0 saturated heterocycles. The zero-order valence-electron chi connectivity index (χ0n) is 20.8. The molecule has 206 valence electrons. The van der Waals surface area contributed by atoms with Gasteiger partial charge in [0.25, 0.3) is 0 Å². The third-order valence-electron chi connectivity index (χ3n) is 7.53. The molecular weight excluding hydrogens is 521 g/mol. The molecule has 7 unspecified atom stereocenters. The fourth-order valence-corrected chi connectivity index (χ4v) is 5.84. The van der Waals surface area contributed by atoms with E-state index in [0.717, 1.165) is 6.42 Å². The summed E-state index contributed by atoms with van der Waals surface area (Å²) in [6.45, 7) is 0.905. The molecule has 5 rings (SSSR count). The molecule has 2 fully saturated rings. The molecule has 3 aromatic rings. The number of fused-ring (bicyclic) bond motifs is 1. The lowest BCUT2D eigenvalue weighted by Gasteiger charge is -2.17. The van der Waals surface area contributed by atoms with E-state index in [9.17, 15) is 28.5 Å². The quantitative estimate of drug-likeness (QED) is 0.170. The number of thioether (sulfide) groups is 1. The molecule has 9 nitrogen and oxygen atoms in total. The van der Waals surface area contributed by atoms with Crippen LogP contribution in [-0.4, -0.2) is 77.1 Å². The number of hydrogen-bond donors (Lipinski definition) is 4. The summed E-state index contributed by atoms with van der Waals surface area (Å²) < 4.78 is 40.1. The molecule has 2 aliphatic carbocycles. The van der Waals surface area contributed by atoms with Gasteiger partial charge in [-0.3, -0.25) is 0 Å². The number of nitrogens with zero attached hydrogens (tertiary/aromatic N) is 5. The molecule has 2 aliphatic rings. The molecule has 0 radical (unpaired) electrons. The van der Waals surface area contributed by atoms with Gasteiger partial charge in [-0.05, 0) is 31.2 Å². The lowest BCUT2D eigenvalue weighted by atomic mass is 10.1. The van der Waals surface area contributed by atoms with Crippen LogP contribution in [0.3, 0.4) is 0 Å². The number of benzene rings is 1. The number of halogens is 3. The van der Waals surface area contributed by atoms with E-state index >= 15 is 0 Å². The lowest BCUT2D eigenvalue weighted by Crippen LogP contribution is -2.30. The maximum Gasteiger partial charge on any atom is 0.391 e. The van der Waals surface area contributed by atoms with Gasteiger partial charge in [0.05, 0.1) is 18.1 Å². The van der Waals surface area contributed by atoms with Crippen LogP contribution in [0.15, 0.2) is 35.5 Å². The molecule has 7 atom stereocenters. The molecule has 2 saturated carbocycles. The summed E-state index contributed by atoms with van der Waals surface area (Å²) in [5.41, 5.74) is 1.98. The number of alkyl halides is 3. The standard InChI is InChI=1S/C25H31F3N6O3S/c1-13(25(26,27)28)6-5-9-38-24-30-22(29-17-11-16(17)14-7-3-2-4-8-14)19-23(31-24)34(33-32-19)18-10-15(12-35)20(36)21(18)37/h2-4,7-8,13,15-18,20-21,35-37H,5-6,9-12H2,1H3,(H,29,30,31). The van der Waals surface area contributed by atoms with Crippen molar-refractivity contribution in [1.82, 2.24) is 25.0 Å². The van der Waals surface area contributed by atoms with E-state index in [-0.39, 0.29) is 19.1 Å². The van der Waals surface area contributed by atoms with Crippen LogP contribution in [-0.2, 0) is 0 Å². The van der Waals surface area contributed by atoms with E-state index in [1.54, 1.807) is 0 Å². The maximum atomic E-state index is 12.9. The highest BCUT2D eigenvalue weighted by Crippen LogP contribution is 2.44. The Balaban J connectivity index is 1.39. The predicted molar refractivity (Wildman–Crippen MR) is 136 cm³/mol. The Hall–Kier alpha value is -2.48. The number of nitrogens with one attached hydrogen (secondary N) is 1. The molecule has 1 aromatic carbocycles. The zero-order valence-corrected chi connectivity index (χ0v) is 21.6. The largest absolute Gasteiger partial charge is 0.396 e. The van der Waals surface area contributed by atoms with E-state index in [1.807, 2.05) is 18.2 Å². The van der Waals surface area contributed by atoms with Crippen molar-refractivity contribution in [3.05, 3.63) is 35.9 Å². The molecule has 0 spiro atoms. The van der Waals surface area contributed by atoms with Gasteiger partial charge in [-0.25, -0.2) is 14.6 Å². The minimum atomic E-state index is -4.21. The van der Waals surface area contributed by atoms with Gasteiger partial charge in [-0.2, -0.15) is 13.2 Å². The Morgan fingerprint density at radius 3 is 2.58 bits per heavy atom. The van der Waals surface area contributed by atoms with Crippen molar-refractivity contribution in [1.29, 1.82) is 0 Å². The Morgan fingerprint density at radius 1 is 1.13 bits per heavy atom. The highest BCUT2D eigenvalue weighted by molar-refractivity contribution is 7.99.